The molecule has 0 aliphatic carbocycles. The number of phenolic OH excluding ortho intramolecular Hbond substituents is 1. The van der Waals surface area contributed by atoms with Crippen molar-refractivity contribution >= 4 is 11.7 Å². The van der Waals surface area contributed by atoms with Crippen LogP contribution in [0.2, 0.25) is 0 Å². The maximum absolute atomic E-state index is 11.0. The smallest absolute Gasteiger partial charge is 0.326 e. The molecule has 4 heteroatoms. The van der Waals surface area contributed by atoms with Crippen LogP contribution in [0.5, 0.6) is 5.75 Å². The molecule has 1 atom stereocenters. The minimum atomic E-state index is -0.796. The predicted molar refractivity (Wildman–Crippen MR) is 56.1 cm³/mol. The molecule has 0 radical (unpaired) electrons. The summed E-state index contributed by atoms with van der Waals surface area (Å²) in [6.07, 6.45) is 1.55. The van der Waals surface area contributed by atoms with E-state index in [1.165, 1.54) is 0 Å². The molecule has 80 valence electrons. The van der Waals surface area contributed by atoms with Gasteiger partial charge in [0.15, 0.2) is 0 Å². The molecule has 2 N–H and O–H groups in total. The Morgan fingerprint density at radius 2 is 2.27 bits per heavy atom. The van der Waals surface area contributed by atoms with Crippen molar-refractivity contribution in [2.45, 2.75) is 18.9 Å². The largest absolute Gasteiger partial charge is 0.508 e. The molecular formula is C11H13NO3. The van der Waals surface area contributed by atoms with Gasteiger partial charge in [0.2, 0.25) is 0 Å². The molecule has 1 aromatic rings. The number of phenols is 1. The molecule has 1 aliphatic rings. The molecule has 4 nitrogen and oxygen atoms in total. The average molecular weight is 207 g/mol. The number of hydrogen-bond donors (Lipinski definition) is 2. The van der Waals surface area contributed by atoms with Crippen LogP contribution in [0.25, 0.3) is 0 Å². The number of aromatic hydroxyl groups is 1. The van der Waals surface area contributed by atoms with Gasteiger partial charge in [-0.2, -0.15) is 0 Å². The van der Waals surface area contributed by atoms with Crippen molar-refractivity contribution in [3.63, 3.8) is 0 Å². The third-order valence-corrected chi connectivity index (χ3v) is 2.70. The number of anilines is 1. The topological polar surface area (TPSA) is 60.8 Å². The molecule has 1 fully saturated rings. The molecule has 1 saturated heterocycles. The fourth-order valence-electron chi connectivity index (χ4n) is 2.00. The molecular weight excluding hydrogens is 194 g/mol. The quantitative estimate of drug-likeness (QED) is 0.770. The summed E-state index contributed by atoms with van der Waals surface area (Å²) in [5.74, 6) is -0.626. The number of carbonyl (C=O) groups is 1. The summed E-state index contributed by atoms with van der Waals surface area (Å²) in [5.41, 5.74) is 0.778. The molecule has 1 heterocycles. The van der Waals surface area contributed by atoms with Crippen molar-refractivity contribution in [1.82, 2.24) is 0 Å². The van der Waals surface area contributed by atoms with Gasteiger partial charge in [-0.05, 0) is 25.0 Å². The van der Waals surface area contributed by atoms with Crippen LogP contribution in [0.15, 0.2) is 24.3 Å². The first kappa shape index (κ1) is 9.83. The third-order valence-electron chi connectivity index (χ3n) is 2.70. The third kappa shape index (κ3) is 1.88. The Hall–Kier alpha value is -1.71. The van der Waals surface area contributed by atoms with E-state index in [0.29, 0.717) is 6.42 Å². The van der Waals surface area contributed by atoms with Crippen molar-refractivity contribution in [3.05, 3.63) is 24.3 Å². The molecule has 1 aromatic carbocycles. The first-order valence-electron chi connectivity index (χ1n) is 4.97. The van der Waals surface area contributed by atoms with Crippen LogP contribution in [-0.2, 0) is 4.79 Å². The van der Waals surface area contributed by atoms with Crippen LogP contribution in [0.3, 0.4) is 0 Å². The van der Waals surface area contributed by atoms with E-state index in [4.69, 9.17) is 5.11 Å². The molecule has 1 aliphatic heterocycles. The van der Waals surface area contributed by atoms with Crippen LogP contribution in [0.1, 0.15) is 12.8 Å². The van der Waals surface area contributed by atoms with Crippen LogP contribution >= 0.6 is 0 Å². The summed E-state index contributed by atoms with van der Waals surface area (Å²) >= 11 is 0. The van der Waals surface area contributed by atoms with E-state index in [1.54, 1.807) is 18.2 Å². The lowest BCUT2D eigenvalue weighted by molar-refractivity contribution is -0.138. The number of benzene rings is 1. The van der Waals surface area contributed by atoms with Crippen LogP contribution in [0.4, 0.5) is 5.69 Å². The van der Waals surface area contributed by atoms with Gasteiger partial charge in [0.05, 0.1) is 0 Å². The first-order chi connectivity index (χ1) is 7.18. The predicted octanol–water partition coefficient (Wildman–Crippen LogP) is 1.45. The maximum Gasteiger partial charge on any atom is 0.326 e. The minimum absolute atomic E-state index is 0.170. The number of aliphatic carboxylic acids is 1. The highest BCUT2D eigenvalue weighted by Crippen LogP contribution is 2.27. The maximum atomic E-state index is 11.0. The summed E-state index contributed by atoms with van der Waals surface area (Å²) in [5, 5.41) is 18.3. The standard InChI is InChI=1S/C11H13NO3/c13-9-4-1-3-8(7-9)12-6-2-5-10(12)11(14)15/h1,3-4,7,10,13H,2,5-6H2,(H,14,15). The van der Waals surface area contributed by atoms with Gasteiger partial charge in [0.1, 0.15) is 11.8 Å². The summed E-state index contributed by atoms with van der Waals surface area (Å²) in [7, 11) is 0. The highest BCUT2D eigenvalue weighted by Gasteiger charge is 2.30. The Labute approximate surface area is 87.8 Å². The minimum Gasteiger partial charge on any atom is -0.508 e. The van der Waals surface area contributed by atoms with Gasteiger partial charge in [-0.25, -0.2) is 4.79 Å². The summed E-state index contributed by atoms with van der Waals surface area (Å²) in [6, 6.07) is 6.27. The fraction of sp³-hybridized carbons (Fsp3) is 0.364. The van der Waals surface area contributed by atoms with Gasteiger partial charge in [-0.1, -0.05) is 6.07 Å². The zero-order chi connectivity index (χ0) is 10.8. The molecule has 1 unspecified atom stereocenters. The fourth-order valence-corrected chi connectivity index (χ4v) is 2.00. The van der Waals surface area contributed by atoms with E-state index in [2.05, 4.69) is 0 Å². The highest BCUT2D eigenvalue weighted by molar-refractivity contribution is 5.79. The van der Waals surface area contributed by atoms with E-state index < -0.39 is 12.0 Å². The molecule has 15 heavy (non-hydrogen) atoms. The Morgan fingerprint density at radius 1 is 1.47 bits per heavy atom. The van der Waals surface area contributed by atoms with E-state index in [1.807, 2.05) is 11.0 Å². The van der Waals surface area contributed by atoms with Gasteiger partial charge in [0.25, 0.3) is 0 Å². The van der Waals surface area contributed by atoms with Crippen molar-refractivity contribution in [3.8, 4) is 5.75 Å². The van der Waals surface area contributed by atoms with Gasteiger partial charge >= 0.3 is 5.97 Å². The molecule has 0 spiro atoms. The lowest BCUT2D eigenvalue weighted by atomic mass is 10.2. The van der Waals surface area contributed by atoms with E-state index in [9.17, 15) is 9.90 Å². The Morgan fingerprint density at radius 3 is 2.93 bits per heavy atom. The zero-order valence-corrected chi connectivity index (χ0v) is 8.26. The highest BCUT2D eigenvalue weighted by atomic mass is 16.4. The lowest BCUT2D eigenvalue weighted by Gasteiger charge is -2.23. The molecule has 2 rings (SSSR count). The molecule has 0 bridgehead atoms. The van der Waals surface area contributed by atoms with Crippen molar-refractivity contribution < 1.29 is 15.0 Å². The zero-order valence-electron chi connectivity index (χ0n) is 8.26. The second-order valence-electron chi connectivity index (χ2n) is 3.71. The van der Waals surface area contributed by atoms with E-state index in [0.717, 1.165) is 18.7 Å². The SMILES string of the molecule is O=C(O)C1CCCN1c1cccc(O)c1. The number of hydrogen-bond acceptors (Lipinski definition) is 3. The van der Waals surface area contributed by atoms with Gasteiger partial charge < -0.3 is 15.1 Å². The normalized spacial score (nSPS) is 20.5. The van der Waals surface area contributed by atoms with Crippen LogP contribution in [-0.4, -0.2) is 28.8 Å². The number of nitrogens with zero attached hydrogens (tertiary/aromatic N) is 1. The second kappa shape index (κ2) is 3.81. The summed E-state index contributed by atoms with van der Waals surface area (Å²) in [6.45, 7) is 0.737. The van der Waals surface area contributed by atoms with E-state index >= 15 is 0 Å². The van der Waals surface area contributed by atoms with Gasteiger partial charge in [0, 0.05) is 18.3 Å². The van der Waals surface area contributed by atoms with E-state index in [-0.39, 0.29) is 5.75 Å². The first-order valence-corrected chi connectivity index (χ1v) is 4.97. The van der Waals surface area contributed by atoms with Gasteiger partial charge in [-0.15, -0.1) is 0 Å². The van der Waals surface area contributed by atoms with Crippen molar-refractivity contribution in [2.75, 3.05) is 11.4 Å². The lowest BCUT2D eigenvalue weighted by Crippen LogP contribution is -2.35. The Balaban J connectivity index is 2.26. The molecule has 0 saturated carbocycles. The summed E-state index contributed by atoms with van der Waals surface area (Å²) in [4.78, 5) is 12.8. The Bertz CT molecular complexity index is 378. The Kier molecular flexibility index (Phi) is 2.49. The second-order valence-corrected chi connectivity index (χ2v) is 3.71. The van der Waals surface area contributed by atoms with Crippen molar-refractivity contribution in [1.29, 1.82) is 0 Å². The van der Waals surface area contributed by atoms with Crippen molar-refractivity contribution in [2.24, 2.45) is 0 Å². The monoisotopic (exact) mass is 207 g/mol. The number of rotatable bonds is 2. The summed E-state index contributed by atoms with van der Waals surface area (Å²) < 4.78 is 0. The molecule has 0 amide bonds. The number of carboxylic acids is 1. The number of carboxylic acid groups (broad SMARTS) is 1. The van der Waals surface area contributed by atoms with Gasteiger partial charge in [-0.3, -0.25) is 0 Å². The van der Waals surface area contributed by atoms with Crippen LogP contribution in [0, 0.1) is 0 Å². The molecule has 0 aromatic heterocycles. The average Bonchev–Trinajstić information content (AvgIpc) is 2.65. The van der Waals surface area contributed by atoms with Crippen LogP contribution < -0.4 is 4.90 Å².